The minimum absolute atomic E-state index is 0.124. The molecule has 2 aromatic heterocycles. The summed E-state index contributed by atoms with van der Waals surface area (Å²) in [6.07, 6.45) is 4.72. The molecule has 6 heteroatoms. The fourth-order valence-electron chi connectivity index (χ4n) is 3.28. The molecule has 0 aliphatic heterocycles. The molecule has 0 fully saturated rings. The summed E-state index contributed by atoms with van der Waals surface area (Å²) < 4.78 is 18.8. The summed E-state index contributed by atoms with van der Waals surface area (Å²) >= 11 is 7.74. The van der Waals surface area contributed by atoms with Crippen LogP contribution in [0.1, 0.15) is 19.0 Å². The average molecular weight is 400 g/mol. The van der Waals surface area contributed by atoms with Crippen molar-refractivity contribution in [3.8, 4) is 5.69 Å². The Morgan fingerprint density at radius 3 is 2.67 bits per heavy atom. The lowest BCUT2D eigenvalue weighted by Gasteiger charge is -2.07. The quantitative estimate of drug-likeness (QED) is 0.382. The van der Waals surface area contributed by atoms with Crippen LogP contribution in [-0.4, -0.2) is 14.3 Å². The molecule has 2 heterocycles. The molecule has 0 radical (unpaired) electrons. The van der Waals surface area contributed by atoms with Gasteiger partial charge < -0.3 is 4.57 Å². The van der Waals surface area contributed by atoms with Crippen LogP contribution < -0.4 is 0 Å². The highest BCUT2D eigenvalue weighted by molar-refractivity contribution is 7.99. The van der Waals surface area contributed by atoms with Gasteiger partial charge in [-0.25, -0.2) is 4.39 Å². The summed E-state index contributed by atoms with van der Waals surface area (Å²) in [6.45, 7) is 4.94. The zero-order valence-electron chi connectivity index (χ0n) is 15.1. The molecule has 2 aromatic carbocycles. The van der Waals surface area contributed by atoms with Crippen LogP contribution in [0.4, 0.5) is 4.39 Å². The second-order valence-corrected chi connectivity index (χ2v) is 7.88. The van der Waals surface area contributed by atoms with E-state index in [1.807, 2.05) is 46.6 Å². The summed E-state index contributed by atoms with van der Waals surface area (Å²) in [7, 11) is 0. The van der Waals surface area contributed by atoms with E-state index in [2.05, 4.69) is 24.2 Å². The Morgan fingerprint density at radius 1 is 1.15 bits per heavy atom. The van der Waals surface area contributed by atoms with Gasteiger partial charge in [-0.1, -0.05) is 48.5 Å². The average Bonchev–Trinajstić information content (AvgIpc) is 3.23. The summed E-state index contributed by atoms with van der Waals surface area (Å²) in [5, 5.41) is 5.39. The van der Waals surface area contributed by atoms with Gasteiger partial charge in [-0.2, -0.15) is 5.10 Å². The van der Waals surface area contributed by atoms with E-state index >= 15 is 4.39 Å². The fraction of sp³-hybridized carbons (Fsp3) is 0.190. The summed E-state index contributed by atoms with van der Waals surface area (Å²) in [6, 6.07) is 13.6. The Kier molecular flexibility index (Phi) is 4.98. The zero-order valence-corrected chi connectivity index (χ0v) is 16.7. The van der Waals surface area contributed by atoms with Crippen LogP contribution in [0.15, 0.2) is 64.6 Å². The van der Waals surface area contributed by atoms with Crippen molar-refractivity contribution >= 4 is 34.3 Å². The first kappa shape index (κ1) is 18.1. The Balaban J connectivity index is 1.94. The molecule has 0 aliphatic rings. The number of aromatic nitrogens is 3. The summed E-state index contributed by atoms with van der Waals surface area (Å²) in [5.41, 5.74) is 2.30. The lowest BCUT2D eigenvalue weighted by atomic mass is 10.2. The molecule has 0 unspecified atom stereocenters. The number of halogens is 2. The largest absolute Gasteiger partial charge is 0.307 e. The van der Waals surface area contributed by atoms with E-state index in [0.717, 1.165) is 39.5 Å². The van der Waals surface area contributed by atoms with Crippen molar-refractivity contribution in [3.05, 3.63) is 71.4 Å². The molecular formula is C21H19ClFN3S. The van der Waals surface area contributed by atoms with Crippen LogP contribution >= 0.6 is 23.4 Å². The molecule has 0 atom stereocenters. The standard InChI is InChI=1S/C21H19ClFN3S/c1-3-11-25-13-15(12-24-25)26-14(2)21(27-16-7-5-4-6-8-16)17-9-10-18(22)19(23)20(17)26/h4-10,12-13H,3,11H2,1-2H3. The molecule has 0 saturated carbocycles. The van der Waals surface area contributed by atoms with Gasteiger partial charge in [-0.15, -0.1) is 0 Å². The molecule has 3 nitrogen and oxygen atoms in total. The first-order chi connectivity index (χ1) is 13.1. The Morgan fingerprint density at radius 2 is 1.93 bits per heavy atom. The molecule has 0 spiro atoms. The van der Waals surface area contributed by atoms with Gasteiger partial charge in [0, 0.05) is 33.6 Å². The van der Waals surface area contributed by atoms with Crippen LogP contribution in [-0.2, 0) is 6.54 Å². The van der Waals surface area contributed by atoms with Gasteiger partial charge in [0.15, 0.2) is 5.82 Å². The van der Waals surface area contributed by atoms with Crippen molar-refractivity contribution < 1.29 is 4.39 Å². The number of rotatable bonds is 5. The van der Waals surface area contributed by atoms with Gasteiger partial charge >= 0.3 is 0 Å². The second-order valence-electron chi connectivity index (χ2n) is 6.38. The molecule has 4 aromatic rings. The molecule has 0 N–H and O–H groups in total. The summed E-state index contributed by atoms with van der Waals surface area (Å²) in [4.78, 5) is 2.13. The monoisotopic (exact) mass is 399 g/mol. The first-order valence-electron chi connectivity index (χ1n) is 8.85. The van der Waals surface area contributed by atoms with Crippen LogP contribution in [0.5, 0.6) is 0 Å². The van der Waals surface area contributed by atoms with Gasteiger partial charge in [-0.05, 0) is 37.6 Å². The summed E-state index contributed by atoms with van der Waals surface area (Å²) in [5.74, 6) is -0.402. The topological polar surface area (TPSA) is 22.8 Å². The predicted molar refractivity (Wildman–Crippen MR) is 110 cm³/mol. The van der Waals surface area contributed by atoms with E-state index in [1.54, 1.807) is 24.0 Å². The molecule has 0 saturated heterocycles. The highest BCUT2D eigenvalue weighted by atomic mass is 35.5. The highest BCUT2D eigenvalue weighted by Crippen LogP contribution is 2.41. The van der Waals surface area contributed by atoms with E-state index in [-0.39, 0.29) is 5.02 Å². The van der Waals surface area contributed by atoms with Crippen molar-refractivity contribution in [2.24, 2.45) is 0 Å². The van der Waals surface area contributed by atoms with Gasteiger partial charge in [0.2, 0.25) is 0 Å². The molecule has 0 bridgehead atoms. The second kappa shape index (κ2) is 7.41. The molecule has 27 heavy (non-hydrogen) atoms. The Hall–Kier alpha value is -2.24. The van der Waals surface area contributed by atoms with Crippen molar-refractivity contribution in [3.63, 3.8) is 0 Å². The number of aryl methyl sites for hydroxylation is 1. The van der Waals surface area contributed by atoms with Crippen molar-refractivity contribution in [1.82, 2.24) is 14.3 Å². The highest BCUT2D eigenvalue weighted by Gasteiger charge is 2.21. The van der Waals surface area contributed by atoms with Crippen LogP contribution in [0, 0.1) is 12.7 Å². The zero-order chi connectivity index (χ0) is 19.0. The first-order valence-corrected chi connectivity index (χ1v) is 10.0. The van der Waals surface area contributed by atoms with E-state index < -0.39 is 5.82 Å². The van der Waals surface area contributed by atoms with E-state index in [1.165, 1.54) is 0 Å². The molecule has 4 rings (SSSR count). The maximum atomic E-state index is 15.0. The van der Waals surface area contributed by atoms with Crippen molar-refractivity contribution in [2.45, 2.75) is 36.6 Å². The molecule has 0 aliphatic carbocycles. The SMILES string of the molecule is CCCn1cc(-n2c(C)c(Sc3ccccc3)c3ccc(Cl)c(F)c32)cn1. The minimum Gasteiger partial charge on any atom is -0.307 e. The lowest BCUT2D eigenvalue weighted by Crippen LogP contribution is -1.99. The Labute approximate surface area is 166 Å². The lowest BCUT2D eigenvalue weighted by molar-refractivity contribution is 0.602. The van der Waals surface area contributed by atoms with Crippen LogP contribution in [0.3, 0.4) is 0 Å². The van der Waals surface area contributed by atoms with Gasteiger partial charge in [-0.3, -0.25) is 4.68 Å². The molecular weight excluding hydrogens is 381 g/mol. The smallest absolute Gasteiger partial charge is 0.166 e. The van der Waals surface area contributed by atoms with E-state index in [9.17, 15) is 0 Å². The fourth-order valence-corrected chi connectivity index (χ4v) is 4.48. The molecule has 138 valence electrons. The number of nitrogens with zero attached hydrogens (tertiary/aromatic N) is 3. The minimum atomic E-state index is -0.402. The number of fused-ring (bicyclic) bond motifs is 1. The predicted octanol–water partition coefficient (Wildman–Crippen LogP) is 6.49. The van der Waals surface area contributed by atoms with Crippen molar-refractivity contribution in [2.75, 3.05) is 0 Å². The van der Waals surface area contributed by atoms with E-state index in [4.69, 9.17) is 11.6 Å². The third kappa shape index (κ3) is 3.26. The van der Waals surface area contributed by atoms with Crippen LogP contribution in [0.2, 0.25) is 5.02 Å². The van der Waals surface area contributed by atoms with Gasteiger partial charge in [0.1, 0.15) is 0 Å². The normalized spacial score (nSPS) is 11.4. The number of benzene rings is 2. The maximum absolute atomic E-state index is 15.0. The van der Waals surface area contributed by atoms with Gasteiger partial charge in [0.25, 0.3) is 0 Å². The number of hydrogen-bond acceptors (Lipinski definition) is 2. The third-order valence-electron chi connectivity index (χ3n) is 4.49. The third-order valence-corrected chi connectivity index (χ3v) is 6.01. The van der Waals surface area contributed by atoms with Gasteiger partial charge in [0.05, 0.1) is 22.4 Å². The molecule has 0 amide bonds. The maximum Gasteiger partial charge on any atom is 0.166 e. The van der Waals surface area contributed by atoms with Crippen LogP contribution in [0.25, 0.3) is 16.6 Å². The number of hydrogen-bond donors (Lipinski definition) is 0. The van der Waals surface area contributed by atoms with Crippen molar-refractivity contribution in [1.29, 1.82) is 0 Å². The Bertz CT molecular complexity index is 1100. The van der Waals surface area contributed by atoms with E-state index in [0.29, 0.717) is 5.52 Å².